The Labute approximate surface area is 164 Å². The van der Waals surface area contributed by atoms with Crippen LogP contribution in [-0.2, 0) is 20.7 Å². The molecule has 0 radical (unpaired) electrons. The first-order valence-electron chi connectivity index (χ1n) is 9.26. The SMILES string of the molecule is CCOC(=O)C1=C(C)N(CCc2ccccc2)C(=O)/C1=C\c1ccccc1O. The number of carbonyl (C=O) groups excluding carboxylic acids is 2. The number of esters is 1. The average Bonchev–Trinajstić information content (AvgIpc) is 2.92. The van der Waals surface area contributed by atoms with Crippen molar-refractivity contribution in [1.82, 2.24) is 4.90 Å². The van der Waals surface area contributed by atoms with Gasteiger partial charge in [-0.15, -0.1) is 0 Å². The van der Waals surface area contributed by atoms with E-state index in [4.69, 9.17) is 4.74 Å². The molecule has 2 aromatic rings. The van der Waals surface area contributed by atoms with Gasteiger partial charge < -0.3 is 14.7 Å². The predicted octanol–water partition coefficient (Wildman–Crippen LogP) is 3.70. The first-order valence-corrected chi connectivity index (χ1v) is 9.26. The van der Waals surface area contributed by atoms with Gasteiger partial charge in [-0.1, -0.05) is 48.5 Å². The van der Waals surface area contributed by atoms with Gasteiger partial charge >= 0.3 is 5.97 Å². The molecule has 0 spiro atoms. The van der Waals surface area contributed by atoms with Gasteiger partial charge in [-0.3, -0.25) is 4.79 Å². The van der Waals surface area contributed by atoms with E-state index in [2.05, 4.69) is 0 Å². The summed E-state index contributed by atoms with van der Waals surface area (Å²) in [6, 6.07) is 16.6. The van der Waals surface area contributed by atoms with Crippen molar-refractivity contribution in [2.24, 2.45) is 0 Å². The summed E-state index contributed by atoms with van der Waals surface area (Å²) >= 11 is 0. The topological polar surface area (TPSA) is 66.8 Å². The van der Waals surface area contributed by atoms with Crippen LogP contribution in [0, 0.1) is 0 Å². The second-order valence-electron chi connectivity index (χ2n) is 6.49. The van der Waals surface area contributed by atoms with Gasteiger partial charge in [-0.05, 0) is 38.0 Å². The van der Waals surface area contributed by atoms with E-state index in [1.54, 1.807) is 49.1 Å². The van der Waals surface area contributed by atoms with Gasteiger partial charge in [0.05, 0.1) is 17.8 Å². The van der Waals surface area contributed by atoms with Crippen LogP contribution in [0.1, 0.15) is 25.0 Å². The van der Waals surface area contributed by atoms with Crippen molar-refractivity contribution in [3.05, 3.63) is 82.6 Å². The van der Waals surface area contributed by atoms with E-state index in [9.17, 15) is 14.7 Å². The van der Waals surface area contributed by atoms with Crippen molar-refractivity contribution in [1.29, 1.82) is 0 Å². The van der Waals surface area contributed by atoms with Gasteiger partial charge in [0.25, 0.3) is 5.91 Å². The summed E-state index contributed by atoms with van der Waals surface area (Å²) in [5.41, 5.74) is 2.65. The highest BCUT2D eigenvalue weighted by molar-refractivity contribution is 6.16. The van der Waals surface area contributed by atoms with E-state index in [-0.39, 0.29) is 29.4 Å². The number of allylic oxidation sites excluding steroid dienone is 1. The van der Waals surface area contributed by atoms with Gasteiger partial charge in [-0.25, -0.2) is 4.79 Å². The molecule has 3 rings (SSSR count). The van der Waals surface area contributed by atoms with Gasteiger partial charge in [0.2, 0.25) is 0 Å². The number of amides is 1. The monoisotopic (exact) mass is 377 g/mol. The van der Waals surface area contributed by atoms with Crippen LogP contribution in [0.3, 0.4) is 0 Å². The molecule has 0 aromatic heterocycles. The highest BCUT2D eigenvalue weighted by Gasteiger charge is 2.37. The Bertz CT molecular complexity index is 944. The molecule has 5 nitrogen and oxygen atoms in total. The third kappa shape index (κ3) is 3.98. The highest BCUT2D eigenvalue weighted by Crippen LogP contribution is 2.33. The standard InChI is InChI=1S/C23H23NO4/c1-3-28-23(27)21-16(2)24(14-13-17-9-5-4-6-10-17)22(26)19(21)15-18-11-7-8-12-20(18)25/h4-12,15,25H,3,13-14H2,1-2H3/b19-15-. The van der Waals surface area contributed by atoms with E-state index in [0.717, 1.165) is 5.56 Å². The fourth-order valence-electron chi connectivity index (χ4n) is 3.25. The molecule has 0 saturated carbocycles. The minimum absolute atomic E-state index is 0.0476. The number of para-hydroxylation sites is 1. The van der Waals surface area contributed by atoms with Crippen molar-refractivity contribution < 1.29 is 19.4 Å². The number of phenolic OH excluding ortho intramolecular Hbond substituents is 1. The van der Waals surface area contributed by atoms with Crippen LogP contribution in [-0.4, -0.2) is 35.0 Å². The van der Waals surface area contributed by atoms with Crippen molar-refractivity contribution in [2.75, 3.05) is 13.2 Å². The second kappa shape index (κ2) is 8.57. The molecular weight excluding hydrogens is 354 g/mol. The first-order chi connectivity index (χ1) is 13.5. The Morgan fingerprint density at radius 2 is 1.79 bits per heavy atom. The molecule has 1 amide bonds. The minimum Gasteiger partial charge on any atom is -0.507 e. The lowest BCUT2D eigenvalue weighted by atomic mass is 10.0. The molecule has 0 atom stereocenters. The van der Waals surface area contributed by atoms with Crippen LogP contribution >= 0.6 is 0 Å². The number of rotatable bonds is 6. The normalized spacial score (nSPS) is 15.4. The van der Waals surface area contributed by atoms with Crippen LogP contribution in [0.15, 0.2) is 71.4 Å². The summed E-state index contributed by atoms with van der Waals surface area (Å²) in [6.45, 7) is 4.15. The van der Waals surface area contributed by atoms with Crippen molar-refractivity contribution in [2.45, 2.75) is 20.3 Å². The van der Waals surface area contributed by atoms with Gasteiger partial charge in [-0.2, -0.15) is 0 Å². The molecule has 0 aliphatic carbocycles. The molecule has 1 heterocycles. The van der Waals surface area contributed by atoms with Crippen LogP contribution in [0.25, 0.3) is 6.08 Å². The lowest BCUT2D eigenvalue weighted by Crippen LogP contribution is -2.27. The number of nitrogens with zero attached hydrogens (tertiary/aromatic N) is 1. The Kier molecular flexibility index (Phi) is 5.94. The molecule has 144 valence electrons. The second-order valence-corrected chi connectivity index (χ2v) is 6.49. The molecule has 28 heavy (non-hydrogen) atoms. The Hall–Kier alpha value is -3.34. The third-order valence-electron chi connectivity index (χ3n) is 4.69. The molecule has 0 bridgehead atoms. The summed E-state index contributed by atoms with van der Waals surface area (Å²) in [7, 11) is 0. The number of benzene rings is 2. The van der Waals surface area contributed by atoms with E-state index < -0.39 is 5.97 Å². The Balaban J connectivity index is 1.96. The fourth-order valence-corrected chi connectivity index (χ4v) is 3.25. The van der Waals surface area contributed by atoms with Crippen LogP contribution in [0.5, 0.6) is 5.75 Å². The summed E-state index contributed by atoms with van der Waals surface area (Å²) in [5, 5.41) is 10.1. The largest absolute Gasteiger partial charge is 0.507 e. The van der Waals surface area contributed by atoms with Crippen LogP contribution in [0.4, 0.5) is 0 Å². The number of hydrogen-bond donors (Lipinski definition) is 1. The van der Waals surface area contributed by atoms with E-state index in [1.165, 1.54) is 0 Å². The Morgan fingerprint density at radius 3 is 2.46 bits per heavy atom. The maximum absolute atomic E-state index is 13.1. The maximum atomic E-state index is 13.1. The molecule has 0 fully saturated rings. The van der Waals surface area contributed by atoms with Crippen molar-refractivity contribution in [3.63, 3.8) is 0 Å². The summed E-state index contributed by atoms with van der Waals surface area (Å²) in [4.78, 5) is 27.2. The Morgan fingerprint density at radius 1 is 1.11 bits per heavy atom. The molecule has 2 aromatic carbocycles. The van der Waals surface area contributed by atoms with Crippen LogP contribution < -0.4 is 0 Å². The summed E-state index contributed by atoms with van der Waals surface area (Å²) in [5.74, 6) is -0.747. The minimum atomic E-state index is -0.530. The lowest BCUT2D eigenvalue weighted by molar-refractivity contribution is -0.138. The number of hydrogen-bond acceptors (Lipinski definition) is 4. The van der Waals surface area contributed by atoms with E-state index in [1.807, 2.05) is 30.3 Å². The molecule has 1 N–H and O–H groups in total. The van der Waals surface area contributed by atoms with Gasteiger partial charge in [0, 0.05) is 17.8 Å². The zero-order valence-corrected chi connectivity index (χ0v) is 16.0. The summed E-state index contributed by atoms with van der Waals surface area (Å²) in [6.07, 6.45) is 2.22. The quantitative estimate of drug-likeness (QED) is 0.616. The van der Waals surface area contributed by atoms with Crippen LogP contribution in [0.2, 0.25) is 0 Å². The molecule has 1 aliphatic heterocycles. The van der Waals surface area contributed by atoms with Crippen molar-refractivity contribution >= 4 is 18.0 Å². The molecule has 0 saturated heterocycles. The first kappa shape index (κ1) is 19.4. The fraction of sp³-hybridized carbons (Fsp3) is 0.217. The zero-order valence-electron chi connectivity index (χ0n) is 16.0. The smallest absolute Gasteiger partial charge is 0.340 e. The lowest BCUT2D eigenvalue weighted by Gasteiger charge is -2.17. The number of ether oxygens (including phenoxy) is 1. The molecular formula is C23H23NO4. The average molecular weight is 377 g/mol. The van der Waals surface area contributed by atoms with Crippen molar-refractivity contribution in [3.8, 4) is 5.75 Å². The summed E-state index contributed by atoms with van der Waals surface area (Å²) < 4.78 is 5.17. The highest BCUT2D eigenvalue weighted by atomic mass is 16.5. The third-order valence-corrected chi connectivity index (χ3v) is 4.69. The maximum Gasteiger partial charge on any atom is 0.340 e. The molecule has 0 unspecified atom stereocenters. The molecule has 1 aliphatic rings. The number of carbonyl (C=O) groups is 2. The van der Waals surface area contributed by atoms with Gasteiger partial charge in [0.1, 0.15) is 5.75 Å². The number of phenols is 1. The predicted molar refractivity (Wildman–Crippen MR) is 107 cm³/mol. The van der Waals surface area contributed by atoms with E-state index >= 15 is 0 Å². The number of aromatic hydroxyl groups is 1. The van der Waals surface area contributed by atoms with E-state index in [0.29, 0.717) is 24.2 Å². The van der Waals surface area contributed by atoms with Gasteiger partial charge in [0.15, 0.2) is 0 Å². The zero-order chi connectivity index (χ0) is 20.1. The molecule has 5 heteroatoms.